The number of aromatic nitrogens is 2. The van der Waals surface area contributed by atoms with Gasteiger partial charge in [-0.2, -0.15) is 0 Å². The van der Waals surface area contributed by atoms with E-state index in [4.69, 9.17) is 16.2 Å². The molecule has 0 radical (unpaired) electrons. The normalized spacial score (nSPS) is 22.5. The van der Waals surface area contributed by atoms with Crippen molar-refractivity contribution in [3.63, 3.8) is 0 Å². The van der Waals surface area contributed by atoms with Gasteiger partial charge in [0.25, 0.3) is 0 Å². The van der Waals surface area contributed by atoms with E-state index in [2.05, 4.69) is 4.98 Å². The summed E-state index contributed by atoms with van der Waals surface area (Å²) in [6.07, 6.45) is -2.63. The van der Waals surface area contributed by atoms with Crippen molar-refractivity contribution in [2.24, 2.45) is 0 Å². The van der Waals surface area contributed by atoms with Crippen LogP contribution < -0.4 is 5.46 Å². The molecule has 0 saturated carbocycles. The Morgan fingerprint density at radius 2 is 1.69 bits per heavy atom. The summed E-state index contributed by atoms with van der Waals surface area (Å²) in [6, 6.07) is 14.4. The van der Waals surface area contributed by atoms with E-state index >= 15 is 0 Å². The Morgan fingerprint density at radius 3 is 2.35 bits per heavy atom. The van der Waals surface area contributed by atoms with Gasteiger partial charge in [0, 0.05) is 18.9 Å². The van der Waals surface area contributed by atoms with Crippen molar-refractivity contribution < 1.29 is 16.2 Å². The Hall–Kier alpha value is -2.11. The molecule has 26 heavy (non-hydrogen) atoms. The lowest BCUT2D eigenvalue weighted by molar-refractivity contribution is 0.00578. The highest BCUT2D eigenvalue weighted by molar-refractivity contribution is 6.62. The van der Waals surface area contributed by atoms with Crippen molar-refractivity contribution in [2.75, 3.05) is 0 Å². The SMILES string of the molecule is [2H]C([2H])([2H])C([2H])([2H])c1nc2ccccc2n1-c1ccc(B2OC(C)(C)C(C)(C)O2)cc1. The van der Waals surface area contributed by atoms with E-state index in [9.17, 15) is 0 Å². The molecule has 1 fully saturated rings. The summed E-state index contributed by atoms with van der Waals surface area (Å²) in [6.45, 7) is 5.09. The van der Waals surface area contributed by atoms with Gasteiger partial charge in [-0.25, -0.2) is 4.98 Å². The van der Waals surface area contributed by atoms with E-state index in [1.165, 1.54) is 0 Å². The number of hydrogen-bond acceptors (Lipinski definition) is 3. The average molecular weight is 353 g/mol. The Kier molecular flexibility index (Phi) is 2.82. The predicted molar refractivity (Wildman–Crippen MR) is 106 cm³/mol. The number of benzene rings is 2. The third-order valence-corrected chi connectivity index (χ3v) is 5.35. The Balaban J connectivity index is 1.79. The summed E-state index contributed by atoms with van der Waals surface area (Å²) < 4.78 is 53.4. The lowest BCUT2D eigenvalue weighted by Crippen LogP contribution is -2.41. The van der Waals surface area contributed by atoms with Gasteiger partial charge in [0.1, 0.15) is 5.82 Å². The van der Waals surface area contributed by atoms with Crippen LogP contribution >= 0.6 is 0 Å². The van der Waals surface area contributed by atoms with Crippen LogP contribution in [0.5, 0.6) is 0 Å². The van der Waals surface area contributed by atoms with Crippen molar-refractivity contribution in [2.45, 2.75) is 52.1 Å². The highest BCUT2D eigenvalue weighted by Gasteiger charge is 2.51. The molecule has 4 rings (SSSR count). The van der Waals surface area contributed by atoms with Gasteiger partial charge >= 0.3 is 7.12 Å². The zero-order valence-corrected chi connectivity index (χ0v) is 15.4. The first-order valence-electron chi connectivity index (χ1n) is 11.2. The number of aryl methyl sites for hydroxylation is 1. The molecule has 0 unspecified atom stereocenters. The Bertz CT molecular complexity index is 1110. The van der Waals surface area contributed by atoms with Crippen molar-refractivity contribution in [3.8, 4) is 5.69 Å². The molecule has 0 spiro atoms. The van der Waals surface area contributed by atoms with Crippen LogP contribution in [0.15, 0.2) is 48.5 Å². The third-order valence-electron chi connectivity index (χ3n) is 5.35. The zero-order chi connectivity index (χ0) is 22.8. The smallest absolute Gasteiger partial charge is 0.399 e. The van der Waals surface area contributed by atoms with Gasteiger partial charge in [0.05, 0.1) is 22.2 Å². The van der Waals surface area contributed by atoms with Crippen LogP contribution in [-0.2, 0) is 15.7 Å². The zero-order valence-electron chi connectivity index (χ0n) is 20.4. The molecule has 1 aromatic heterocycles. The highest BCUT2D eigenvalue weighted by Crippen LogP contribution is 2.36. The van der Waals surface area contributed by atoms with Crippen molar-refractivity contribution in [1.82, 2.24) is 9.55 Å². The molecule has 2 heterocycles. The molecule has 0 aliphatic carbocycles. The monoisotopic (exact) mass is 353 g/mol. The van der Waals surface area contributed by atoms with E-state index in [1.54, 1.807) is 34.9 Å². The molecule has 1 aliphatic heterocycles. The predicted octanol–water partition coefficient (Wildman–Crippen LogP) is 3.89. The number of fused-ring (bicyclic) bond motifs is 1. The number of rotatable bonds is 3. The van der Waals surface area contributed by atoms with Crippen LogP contribution in [0.3, 0.4) is 0 Å². The molecule has 0 amide bonds. The van der Waals surface area contributed by atoms with E-state index in [0.29, 0.717) is 16.7 Å². The summed E-state index contributed by atoms with van der Waals surface area (Å²) in [5.74, 6) is -0.155. The molecule has 1 aliphatic rings. The maximum Gasteiger partial charge on any atom is 0.494 e. The topological polar surface area (TPSA) is 36.3 Å². The number of hydrogen-bond donors (Lipinski definition) is 0. The Morgan fingerprint density at radius 1 is 1.04 bits per heavy atom. The summed E-state index contributed by atoms with van der Waals surface area (Å²) in [7, 11) is -0.521. The number of para-hydroxylation sites is 2. The molecule has 0 bridgehead atoms. The van der Waals surface area contributed by atoms with Crippen molar-refractivity contribution >= 4 is 23.6 Å². The largest absolute Gasteiger partial charge is 0.494 e. The van der Waals surface area contributed by atoms with Crippen LogP contribution in [0.25, 0.3) is 16.7 Å². The molecule has 3 aromatic rings. The molecule has 1 saturated heterocycles. The molecular formula is C21H25BN2O2. The van der Waals surface area contributed by atoms with Crippen LogP contribution in [0.2, 0.25) is 0 Å². The van der Waals surface area contributed by atoms with Gasteiger partial charge in [0.2, 0.25) is 0 Å². The van der Waals surface area contributed by atoms with Gasteiger partial charge in [-0.1, -0.05) is 31.1 Å². The van der Waals surface area contributed by atoms with Crippen LogP contribution in [0.4, 0.5) is 0 Å². The number of imidazole rings is 1. The summed E-state index contributed by atoms with van der Waals surface area (Å²) >= 11 is 0. The summed E-state index contributed by atoms with van der Waals surface area (Å²) in [4.78, 5) is 4.34. The molecule has 4 nitrogen and oxygen atoms in total. The fourth-order valence-corrected chi connectivity index (χ4v) is 3.13. The second kappa shape index (κ2) is 5.97. The number of nitrogens with zero attached hydrogens (tertiary/aromatic N) is 2. The van der Waals surface area contributed by atoms with Gasteiger partial charge in [-0.05, 0) is 57.4 Å². The summed E-state index contributed by atoms with van der Waals surface area (Å²) in [5.41, 5.74) is 1.68. The fourth-order valence-electron chi connectivity index (χ4n) is 3.13. The summed E-state index contributed by atoms with van der Waals surface area (Å²) in [5, 5.41) is 0. The van der Waals surface area contributed by atoms with E-state index < -0.39 is 31.5 Å². The lowest BCUT2D eigenvalue weighted by atomic mass is 9.79. The molecule has 5 heteroatoms. The molecular weight excluding hydrogens is 323 g/mol. The van der Waals surface area contributed by atoms with E-state index in [-0.39, 0.29) is 5.82 Å². The van der Waals surface area contributed by atoms with Gasteiger partial charge in [-0.3, -0.25) is 4.57 Å². The van der Waals surface area contributed by atoms with Crippen molar-refractivity contribution in [1.29, 1.82) is 0 Å². The first-order chi connectivity index (χ1) is 14.2. The van der Waals surface area contributed by atoms with E-state index in [1.807, 2.05) is 45.9 Å². The van der Waals surface area contributed by atoms with Gasteiger partial charge in [0.15, 0.2) is 0 Å². The molecule has 0 N–H and O–H groups in total. The first kappa shape index (κ1) is 12.3. The second-order valence-electron chi connectivity index (χ2n) is 7.56. The second-order valence-corrected chi connectivity index (χ2v) is 7.56. The van der Waals surface area contributed by atoms with Gasteiger partial charge < -0.3 is 9.31 Å². The minimum atomic E-state index is -2.87. The lowest BCUT2D eigenvalue weighted by Gasteiger charge is -2.32. The standard InChI is InChI=1S/C21H25BN2O2/c1-6-19-23-17-9-7-8-10-18(17)24(19)16-13-11-15(12-14-16)22-25-20(2,3)21(4,5)26-22/h7-14H,6H2,1-5H3/i1D3,6D2. The highest BCUT2D eigenvalue weighted by atomic mass is 16.7. The first-order valence-corrected chi connectivity index (χ1v) is 8.69. The van der Waals surface area contributed by atoms with E-state index in [0.717, 1.165) is 5.46 Å². The quantitative estimate of drug-likeness (QED) is 0.671. The maximum absolute atomic E-state index is 8.29. The van der Waals surface area contributed by atoms with Crippen LogP contribution in [0, 0.1) is 0 Å². The minimum absolute atomic E-state index is 0.155. The molecule has 2 aromatic carbocycles. The van der Waals surface area contributed by atoms with Crippen LogP contribution in [0.1, 0.15) is 47.2 Å². The fraction of sp³-hybridized carbons (Fsp3) is 0.381. The van der Waals surface area contributed by atoms with Crippen molar-refractivity contribution in [3.05, 3.63) is 54.4 Å². The van der Waals surface area contributed by atoms with Gasteiger partial charge in [-0.15, -0.1) is 0 Å². The molecule has 0 atom stereocenters. The molecule has 134 valence electrons. The van der Waals surface area contributed by atoms with Crippen LogP contribution in [-0.4, -0.2) is 27.9 Å². The maximum atomic E-state index is 8.29. The Labute approximate surface area is 162 Å². The third kappa shape index (κ3) is 2.66. The minimum Gasteiger partial charge on any atom is -0.399 e. The average Bonchev–Trinajstić information content (AvgIpc) is 3.16.